The van der Waals surface area contributed by atoms with Gasteiger partial charge in [0.15, 0.2) is 0 Å². The summed E-state index contributed by atoms with van der Waals surface area (Å²) in [5, 5.41) is 9.28. The van der Waals surface area contributed by atoms with Crippen LogP contribution in [0.4, 0.5) is 20.6 Å². The number of amides is 2. The summed E-state index contributed by atoms with van der Waals surface area (Å²) in [7, 11) is 0. The predicted octanol–water partition coefficient (Wildman–Crippen LogP) is 3.33. The van der Waals surface area contributed by atoms with E-state index >= 15 is 0 Å². The number of likely N-dealkylation sites (tertiary alicyclic amines) is 1. The number of carbonyl (C=O) groups excluding carboxylic acids is 1. The lowest BCUT2D eigenvalue weighted by molar-refractivity contribution is -0.139. The molecule has 164 valence electrons. The molecule has 3 saturated heterocycles. The van der Waals surface area contributed by atoms with E-state index in [-0.39, 0.29) is 18.5 Å². The number of nitrogens with zero attached hydrogens (tertiary/aromatic N) is 3. The highest BCUT2D eigenvalue weighted by Gasteiger charge is 2.50. The van der Waals surface area contributed by atoms with Gasteiger partial charge in [0.2, 0.25) is 5.91 Å². The average Bonchev–Trinajstić information content (AvgIpc) is 3.04. The van der Waals surface area contributed by atoms with Gasteiger partial charge in [-0.05, 0) is 57.2 Å². The molecule has 0 aromatic heterocycles. The molecule has 3 aliphatic heterocycles. The van der Waals surface area contributed by atoms with E-state index < -0.39 is 17.3 Å². The summed E-state index contributed by atoms with van der Waals surface area (Å²) in [5.74, 6) is -0.241. The first kappa shape index (κ1) is 20.9. The van der Waals surface area contributed by atoms with Crippen molar-refractivity contribution in [2.24, 2.45) is 5.41 Å². The van der Waals surface area contributed by atoms with Crippen LogP contribution in [0.2, 0.25) is 0 Å². The van der Waals surface area contributed by atoms with Crippen LogP contribution >= 0.6 is 0 Å². The molecule has 4 rings (SSSR count). The van der Waals surface area contributed by atoms with Crippen LogP contribution in [0.5, 0.6) is 0 Å². The highest BCUT2D eigenvalue weighted by atomic mass is 19.1. The number of carbonyl (C=O) groups is 2. The maximum absolute atomic E-state index is 15.0. The molecular weight excluding hydrogens is 389 g/mol. The second-order valence-corrected chi connectivity index (χ2v) is 8.56. The third-order valence-electron chi connectivity index (χ3n) is 6.89. The summed E-state index contributed by atoms with van der Waals surface area (Å²) < 4.78 is 20.4. The van der Waals surface area contributed by atoms with Crippen molar-refractivity contribution in [3.8, 4) is 0 Å². The van der Waals surface area contributed by atoms with Crippen molar-refractivity contribution in [2.45, 2.75) is 45.1 Å². The third-order valence-corrected chi connectivity index (χ3v) is 6.89. The van der Waals surface area contributed by atoms with Gasteiger partial charge in [-0.3, -0.25) is 9.69 Å². The molecule has 0 aliphatic carbocycles. The monoisotopic (exact) mass is 419 g/mol. The number of piperidine rings is 1. The first-order valence-corrected chi connectivity index (χ1v) is 10.9. The molecule has 7 nitrogen and oxygen atoms in total. The Morgan fingerprint density at radius 3 is 2.73 bits per heavy atom. The molecule has 1 N–H and O–H groups in total. The highest BCUT2D eigenvalue weighted by molar-refractivity contribution is 5.87. The van der Waals surface area contributed by atoms with Crippen molar-refractivity contribution in [1.29, 1.82) is 0 Å². The number of carboxylic acid groups (broad SMARTS) is 1. The number of halogens is 1. The minimum absolute atomic E-state index is 0.208. The minimum atomic E-state index is -1.11. The molecule has 3 aliphatic rings. The molecular formula is C22H30FN3O4. The Morgan fingerprint density at radius 1 is 1.30 bits per heavy atom. The molecule has 0 bridgehead atoms. The Balaban J connectivity index is 1.51. The van der Waals surface area contributed by atoms with E-state index in [0.717, 1.165) is 43.5 Å². The maximum Gasteiger partial charge on any atom is 0.411 e. The normalized spacial score (nSPS) is 25.2. The van der Waals surface area contributed by atoms with E-state index in [0.29, 0.717) is 37.7 Å². The van der Waals surface area contributed by atoms with Crippen LogP contribution in [0.1, 0.15) is 39.0 Å². The second kappa shape index (κ2) is 8.41. The summed E-state index contributed by atoms with van der Waals surface area (Å²) in [4.78, 5) is 29.8. The fraction of sp³-hybridized carbons (Fsp3) is 0.636. The first-order valence-electron chi connectivity index (χ1n) is 10.9. The molecule has 1 aromatic carbocycles. The van der Waals surface area contributed by atoms with Crippen molar-refractivity contribution in [2.75, 3.05) is 49.2 Å². The summed E-state index contributed by atoms with van der Waals surface area (Å²) in [6.07, 6.45) is 3.15. The minimum Gasteiger partial charge on any atom is -0.465 e. The van der Waals surface area contributed by atoms with Crippen molar-refractivity contribution in [1.82, 2.24) is 4.90 Å². The standard InChI is InChI=1S/C22H30FN3O4/c1-2-25(21(28)29)17-4-5-19(18(23)14-17)24-10-3-8-22(15-24)9-11-26(20(22)27)16-6-12-30-13-7-16/h4-5,14,16H,2-3,6-13,15H2,1H3,(H,28,29)/t22-/m0/s1. The fourth-order valence-electron chi connectivity index (χ4n) is 5.26. The van der Waals surface area contributed by atoms with Gasteiger partial charge >= 0.3 is 6.09 Å². The number of hydrogen-bond donors (Lipinski definition) is 1. The van der Waals surface area contributed by atoms with Crippen LogP contribution in [0.25, 0.3) is 0 Å². The maximum atomic E-state index is 15.0. The van der Waals surface area contributed by atoms with E-state index in [4.69, 9.17) is 4.74 Å². The van der Waals surface area contributed by atoms with E-state index in [2.05, 4.69) is 0 Å². The summed E-state index contributed by atoms with van der Waals surface area (Å²) in [6, 6.07) is 4.82. The quantitative estimate of drug-likeness (QED) is 0.811. The Hall–Kier alpha value is -2.35. The predicted molar refractivity (Wildman–Crippen MR) is 111 cm³/mol. The molecule has 1 atom stereocenters. The Morgan fingerprint density at radius 2 is 2.07 bits per heavy atom. The summed E-state index contributed by atoms with van der Waals surface area (Å²) >= 11 is 0. The Bertz CT molecular complexity index is 814. The van der Waals surface area contributed by atoms with Gasteiger partial charge in [0.25, 0.3) is 0 Å². The van der Waals surface area contributed by atoms with Crippen molar-refractivity contribution in [3.05, 3.63) is 24.0 Å². The van der Waals surface area contributed by atoms with Gasteiger partial charge in [0.1, 0.15) is 5.82 Å². The van der Waals surface area contributed by atoms with Crippen LogP contribution in [0.3, 0.4) is 0 Å². The van der Waals surface area contributed by atoms with Gasteiger partial charge in [-0.2, -0.15) is 0 Å². The molecule has 3 heterocycles. The fourth-order valence-corrected chi connectivity index (χ4v) is 5.26. The lowest BCUT2D eigenvalue weighted by atomic mass is 9.78. The molecule has 30 heavy (non-hydrogen) atoms. The number of benzene rings is 1. The molecule has 0 radical (unpaired) electrons. The van der Waals surface area contributed by atoms with Crippen molar-refractivity contribution >= 4 is 23.4 Å². The zero-order valence-corrected chi connectivity index (χ0v) is 17.5. The summed E-state index contributed by atoms with van der Waals surface area (Å²) in [6.45, 7) is 5.34. The first-order chi connectivity index (χ1) is 14.4. The van der Waals surface area contributed by atoms with Gasteiger partial charge in [-0.1, -0.05) is 0 Å². The highest BCUT2D eigenvalue weighted by Crippen LogP contribution is 2.43. The van der Waals surface area contributed by atoms with Gasteiger partial charge in [0, 0.05) is 45.4 Å². The molecule has 2 amide bonds. The summed E-state index contributed by atoms with van der Waals surface area (Å²) in [5.41, 5.74) is 0.315. The molecule has 0 unspecified atom stereocenters. The zero-order chi connectivity index (χ0) is 21.3. The van der Waals surface area contributed by atoms with E-state index in [1.165, 1.54) is 6.07 Å². The number of ether oxygens (including phenoxy) is 1. The zero-order valence-electron chi connectivity index (χ0n) is 17.5. The largest absolute Gasteiger partial charge is 0.465 e. The third kappa shape index (κ3) is 3.73. The van der Waals surface area contributed by atoms with Crippen molar-refractivity contribution < 1.29 is 23.8 Å². The Kier molecular flexibility index (Phi) is 5.86. The van der Waals surface area contributed by atoms with Crippen LogP contribution in [-0.2, 0) is 9.53 Å². The second-order valence-electron chi connectivity index (χ2n) is 8.56. The number of hydrogen-bond acceptors (Lipinski definition) is 4. The SMILES string of the molecule is CCN(C(=O)O)c1ccc(N2CCC[C@]3(CCN(C4CCOCC4)C3=O)C2)c(F)c1. The van der Waals surface area contributed by atoms with Crippen LogP contribution in [0.15, 0.2) is 18.2 Å². The Labute approximate surface area is 176 Å². The van der Waals surface area contributed by atoms with E-state index in [9.17, 15) is 19.1 Å². The number of anilines is 2. The lowest BCUT2D eigenvalue weighted by Crippen LogP contribution is -2.50. The lowest BCUT2D eigenvalue weighted by Gasteiger charge is -2.41. The van der Waals surface area contributed by atoms with Gasteiger partial charge in [-0.15, -0.1) is 0 Å². The number of rotatable bonds is 4. The van der Waals surface area contributed by atoms with Crippen LogP contribution in [-0.4, -0.2) is 67.4 Å². The molecule has 3 fully saturated rings. The van der Waals surface area contributed by atoms with E-state index in [1.807, 2.05) is 9.80 Å². The van der Waals surface area contributed by atoms with Crippen LogP contribution < -0.4 is 9.80 Å². The topological polar surface area (TPSA) is 73.3 Å². The van der Waals surface area contributed by atoms with Crippen LogP contribution in [0, 0.1) is 11.2 Å². The van der Waals surface area contributed by atoms with Gasteiger partial charge in [0.05, 0.1) is 16.8 Å². The molecule has 0 saturated carbocycles. The van der Waals surface area contributed by atoms with E-state index in [1.54, 1.807) is 19.1 Å². The van der Waals surface area contributed by atoms with Gasteiger partial charge in [-0.25, -0.2) is 9.18 Å². The molecule has 1 spiro atoms. The smallest absolute Gasteiger partial charge is 0.411 e. The average molecular weight is 419 g/mol. The van der Waals surface area contributed by atoms with Gasteiger partial charge < -0.3 is 19.6 Å². The molecule has 8 heteroatoms. The molecule has 1 aromatic rings. The van der Waals surface area contributed by atoms with Crippen molar-refractivity contribution in [3.63, 3.8) is 0 Å².